The summed E-state index contributed by atoms with van der Waals surface area (Å²) in [6.45, 7) is 1.87. The van der Waals surface area contributed by atoms with Crippen LogP contribution in [0.1, 0.15) is 35.4 Å². The van der Waals surface area contributed by atoms with Crippen molar-refractivity contribution in [2.45, 2.75) is 31.4 Å². The second-order valence-corrected chi connectivity index (χ2v) is 7.15. The van der Waals surface area contributed by atoms with Gasteiger partial charge in [-0.15, -0.1) is 11.3 Å². The van der Waals surface area contributed by atoms with Gasteiger partial charge in [0.15, 0.2) is 0 Å². The van der Waals surface area contributed by atoms with E-state index >= 15 is 0 Å². The summed E-state index contributed by atoms with van der Waals surface area (Å²) in [4.78, 5) is 13.1. The van der Waals surface area contributed by atoms with Crippen molar-refractivity contribution in [2.24, 2.45) is 0 Å². The molecule has 24 heavy (non-hydrogen) atoms. The molecule has 0 saturated carbocycles. The van der Waals surface area contributed by atoms with E-state index in [1.165, 1.54) is 11.3 Å². The molecule has 2 aromatic rings. The highest BCUT2D eigenvalue weighted by molar-refractivity contribution is 7.10. The van der Waals surface area contributed by atoms with Gasteiger partial charge in [-0.25, -0.2) is 4.79 Å². The van der Waals surface area contributed by atoms with Crippen LogP contribution in [0.2, 0.25) is 0 Å². The summed E-state index contributed by atoms with van der Waals surface area (Å²) in [7, 11) is 1.66. The Bertz CT molecular complexity index is 713. The van der Waals surface area contributed by atoms with Crippen molar-refractivity contribution in [1.29, 1.82) is 0 Å². The molecule has 0 aliphatic heterocycles. The van der Waals surface area contributed by atoms with Crippen molar-refractivity contribution in [3.8, 4) is 5.75 Å². The van der Waals surface area contributed by atoms with Crippen LogP contribution in [0.3, 0.4) is 0 Å². The van der Waals surface area contributed by atoms with E-state index in [4.69, 9.17) is 4.74 Å². The zero-order valence-electron chi connectivity index (χ0n) is 13.8. The maximum Gasteiger partial charge on any atom is 0.315 e. The number of urea groups is 1. The molecule has 0 fully saturated rings. The quantitative estimate of drug-likeness (QED) is 0.779. The topological polar surface area (TPSA) is 70.6 Å². The Morgan fingerprint density at radius 3 is 2.96 bits per heavy atom. The van der Waals surface area contributed by atoms with E-state index in [2.05, 4.69) is 10.6 Å². The molecule has 0 saturated heterocycles. The van der Waals surface area contributed by atoms with Crippen LogP contribution in [0.5, 0.6) is 5.75 Å². The minimum atomic E-state index is -1.07. The summed E-state index contributed by atoms with van der Waals surface area (Å²) < 4.78 is 5.38. The van der Waals surface area contributed by atoms with E-state index in [9.17, 15) is 9.90 Å². The van der Waals surface area contributed by atoms with Gasteiger partial charge < -0.3 is 20.5 Å². The number of methoxy groups -OCH3 is 1. The lowest BCUT2D eigenvalue weighted by atomic mass is 10.1. The van der Waals surface area contributed by atoms with Crippen LogP contribution in [-0.2, 0) is 12.0 Å². The third kappa shape index (κ3) is 3.39. The van der Waals surface area contributed by atoms with E-state index in [1.54, 1.807) is 14.0 Å². The number of carbonyl (C=O) groups is 1. The van der Waals surface area contributed by atoms with Crippen molar-refractivity contribution in [1.82, 2.24) is 10.6 Å². The van der Waals surface area contributed by atoms with Gasteiger partial charge in [-0.2, -0.15) is 0 Å². The third-order valence-electron chi connectivity index (χ3n) is 4.40. The Hall–Kier alpha value is -2.05. The minimum absolute atomic E-state index is 0.0261. The van der Waals surface area contributed by atoms with Crippen molar-refractivity contribution < 1.29 is 14.6 Å². The van der Waals surface area contributed by atoms with Gasteiger partial charge in [0.1, 0.15) is 11.4 Å². The first kappa shape index (κ1) is 16.8. The van der Waals surface area contributed by atoms with Crippen LogP contribution in [0, 0.1) is 0 Å². The van der Waals surface area contributed by atoms with Gasteiger partial charge in [0.25, 0.3) is 0 Å². The third-order valence-corrected chi connectivity index (χ3v) is 5.52. The smallest absolute Gasteiger partial charge is 0.315 e. The molecule has 1 aromatic carbocycles. The number of rotatable bonds is 5. The zero-order valence-corrected chi connectivity index (χ0v) is 14.7. The number of benzene rings is 1. The average molecular weight is 346 g/mol. The molecule has 2 unspecified atom stereocenters. The first-order chi connectivity index (χ1) is 11.5. The number of thiophene rings is 1. The first-order valence-electron chi connectivity index (χ1n) is 7.98. The molecule has 0 radical (unpaired) electrons. The Morgan fingerprint density at radius 1 is 1.42 bits per heavy atom. The molecular weight excluding hydrogens is 324 g/mol. The van der Waals surface area contributed by atoms with Crippen molar-refractivity contribution in [3.63, 3.8) is 0 Å². The highest BCUT2D eigenvalue weighted by Gasteiger charge is 2.28. The number of nitrogens with one attached hydrogen (secondary N) is 2. The fourth-order valence-corrected chi connectivity index (χ4v) is 3.88. The van der Waals surface area contributed by atoms with E-state index in [1.807, 2.05) is 35.7 Å². The molecular formula is C18H22N2O3S. The van der Waals surface area contributed by atoms with Gasteiger partial charge in [-0.05, 0) is 48.4 Å². The van der Waals surface area contributed by atoms with E-state index in [0.717, 1.165) is 34.6 Å². The number of ether oxygens (including phenoxy) is 1. The van der Waals surface area contributed by atoms with Crippen LogP contribution in [0.15, 0.2) is 35.7 Å². The molecule has 128 valence electrons. The summed E-state index contributed by atoms with van der Waals surface area (Å²) in [6, 6.07) is 9.37. The Balaban J connectivity index is 1.59. The van der Waals surface area contributed by atoms with Gasteiger partial charge in [0.2, 0.25) is 0 Å². The minimum Gasteiger partial charge on any atom is -0.496 e. The summed E-state index contributed by atoms with van der Waals surface area (Å²) in [5, 5.41) is 18.1. The lowest BCUT2D eigenvalue weighted by molar-refractivity contribution is 0.0630. The molecule has 1 aliphatic carbocycles. The molecule has 1 aliphatic rings. The average Bonchev–Trinajstić information content (AvgIpc) is 3.23. The fourth-order valence-electron chi connectivity index (χ4n) is 3.10. The van der Waals surface area contributed by atoms with Crippen molar-refractivity contribution >= 4 is 17.4 Å². The summed E-state index contributed by atoms with van der Waals surface area (Å²) in [5.74, 6) is 0.873. The summed E-state index contributed by atoms with van der Waals surface area (Å²) in [6.07, 6.45) is 1.74. The maximum atomic E-state index is 12.2. The maximum absolute atomic E-state index is 12.2. The van der Waals surface area contributed by atoms with Crippen LogP contribution in [-0.4, -0.2) is 24.8 Å². The predicted octanol–water partition coefficient (Wildman–Crippen LogP) is 2.95. The SMILES string of the molecule is COc1cccc2c1CCC2NC(=O)NCC(C)(O)c1cccs1. The Morgan fingerprint density at radius 2 is 2.25 bits per heavy atom. The molecule has 5 nitrogen and oxygen atoms in total. The predicted molar refractivity (Wildman–Crippen MR) is 94.5 cm³/mol. The summed E-state index contributed by atoms with van der Waals surface area (Å²) >= 11 is 1.47. The standard InChI is InChI=1S/C18H22N2O3S/c1-18(22,16-7-4-10-24-16)11-19-17(21)20-14-9-8-13-12(14)5-3-6-15(13)23-2/h3-7,10,14,22H,8-9,11H2,1-2H3,(H2,19,20,21). The van der Waals surface area contributed by atoms with Gasteiger partial charge in [-0.1, -0.05) is 18.2 Å². The van der Waals surface area contributed by atoms with Crippen LogP contribution in [0.4, 0.5) is 4.79 Å². The number of hydrogen-bond acceptors (Lipinski definition) is 4. The van der Waals surface area contributed by atoms with Crippen LogP contribution in [0.25, 0.3) is 0 Å². The largest absolute Gasteiger partial charge is 0.496 e. The van der Waals surface area contributed by atoms with Gasteiger partial charge in [0.05, 0.1) is 19.7 Å². The van der Waals surface area contributed by atoms with Gasteiger partial charge in [-0.3, -0.25) is 0 Å². The molecule has 0 bridgehead atoms. The lowest BCUT2D eigenvalue weighted by Gasteiger charge is -2.23. The van der Waals surface area contributed by atoms with Gasteiger partial charge >= 0.3 is 6.03 Å². The number of aliphatic hydroxyl groups is 1. The van der Waals surface area contributed by atoms with Gasteiger partial charge in [0, 0.05) is 4.88 Å². The molecule has 1 aromatic heterocycles. The molecule has 3 rings (SSSR count). The zero-order chi connectivity index (χ0) is 17.2. The number of carbonyl (C=O) groups excluding carboxylic acids is 1. The van der Waals surface area contributed by atoms with E-state index in [0.29, 0.717) is 0 Å². The van der Waals surface area contributed by atoms with Crippen molar-refractivity contribution in [2.75, 3.05) is 13.7 Å². The van der Waals surface area contributed by atoms with Crippen molar-refractivity contribution in [3.05, 3.63) is 51.7 Å². The molecule has 1 heterocycles. The second-order valence-electron chi connectivity index (χ2n) is 6.20. The normalized spacial score (nSPS) is 18.5. The number of hydrogen-bond donors (Lipinski definition) is 3. The molecule has 6 heteroatoms. The van der Waals surface area contributed by atoms with E-state index < -0.39 is 5.60 Å². The second kappa shape index (κ2) is 6.83. The molecule has 0 spiro atoms. The molecule has 2 amide bonds. The van der Waals surface area contributed by atoms with Crippen LogP contribution < -0.4 is 15.4 Å². The van der Waals surface area contributed by atoms with E-state index in [-0.39, 0.29) is 18.6 Å². The summed E-state index contributed by atoms with van der Waals surface area (Å²) in [5.41, 5.74) is 1.20. The Labute approximate surface area is 145 Å². The first-order valence-corrected chi connectivity index (χ1v) is 8.86. The fraction of sp³-hybridized carbons (Fsp3) is 0.389. The Kier molecular flexibility index (Phi) is 4.78. The highest BCUT2D eigenvalue weighted by atomic mass is 32.1. The number of amides is 2. The molecule has 2 atom stereocenters. The lowest BCUT2D eigenvalue weighted by Crippen LogP contribution is -2.44. The molecule has 3 N–H and O–H groups in total. The van der Waals surface area contributed by atoms with Crippen LogP contribution >= 0.6 is 11.3 Å². The highest BCUT2D eigenvalue weighted by Crippen LogP contribution is 2.36. The monoisotopic (exact) mass is 346 g/mol. The number of fused-ring (bicyclic) bond motifs is 1.